The number of aliphatic hydroxyl groups is 18. The van der Waals surface area contributed by atoms with Gasteiger partial charge in [0.05, 0.1) is 114 Å². The summed E-state index contributed by atoms with van der Waals surface area (Å²) in [7, 11) is 0. The maximum Gasteiger partial charge on any atom is 0.222 e. The van der Waals surface area contributed by atoms with Gasteiger partial charge in [-0.2, -0.15) is 0 Å². The van der Waals surface area contributed by atoms with Crippen molar-refractivity contribution in [2.45, 2.75) is 319 Å². The van der Waals surface area contributed by atoms with E-state index < -0.39 is 184 Å². The predicted molar refractivity (Wildman–Crippen MR) is 336 cm³/mol. The number of rotatable bonds is 41. The number of unbranched alkanes of at least 4 members (excludes halogenated alkanes) is 1. The minimum absolute atomic E-state index is 0.105. The predicted octanol–water partition coefficient (Wildman–Crippen LogP) is -3.07. The molecule has 0 aromatic heterocycles. The van der Waals surface area contributed by atoms with Gasteiger partial charge in [0.1, 0.15) is 73.2 Å². The number of nitrogens with one attached hydrogen (secondary N) is 3. The van der Waals surface area contributed by atoms with Gasteiger partial charge in [-0.3, -0.25) is 14.4 Å². The van der Waals surface area contributed by atoms with Crippen molar-refractivity contribution in [1.82, 2.24) is 16.0 Å². The molecule has 30 nitrogen and oxygen atoms in total. The first kappa shape index (κ1) is 88.5. The molecule has 3 aliphatic rings. The lowest BCUT2D eigenvalue weighted by Gasteiger charge is -2.40. The number of aliphatic hydroxyl groups excluding tert-OH is 18. The Morgan fingerprint density at radius 1 is 0.387 bits per heavy atom. The number of hydrogen-bond acceptors (Lipinski definition) is 27. The van der Waals surface area contributed by atoms with Crippen LogP contribution >= 0.6 is 0 Å². The first-order valence-corrected chi connectivity index (χ1v) is 33.5. The Bertz CT molecular complexity index is 1960. The van der Waals surface area contributed by atoms with E-state index in [-0.39, 0.29) is 56.8 Å². The zero-order valence-electron chi connectivity index (χ0n) is 56.4. The van der Waals surface area contributed by atoms with E-state index in [9.17, 15) is 106 Å². The van der Waals surface area contributed by atoms with E-state index in [0.717, 1.165) is 44.9 Å². The molecule has 0 bridgehead atoms. The van der Waals surface area contributed by atoms with Gasteiger partial charge in [-0.05, 0) is 68.6 Å². The number of ether oxygens (including phenoxy) is 6. The summed E-state index contributed by atoms with van der Waals surface area (Å²) in [6.07, 6.45) is -18.5. The quantitative estimate of drug-likeness (QED) is 0.0289. The number of hydrogen-bond donors (Lipinski definition) is 21. The van der Waals surface area contributed by atoms with Gasteiger partial charge in [0.25, 0.3) is 0 Å². The van der Waals surface area contributed by atoms with Crippen molar-refractivity contribution >= 4 is 17.7 Å². The molecule has 9 unspecified atom stereocenters. The van der Waals surface area contributed by atoms with Crippen molar-refractivity contribution in [3.8, 4) is 0 Å². The first-order valence-electron chi connectivity index (χ1n) is 33.5. The molecule has 93 heavy (non-hydrogen) atoms. The largest absolute Gasteiger partial charge is 0.394 e. The van der Waals surface area contributed by atoms with Gasteiger partial charge in [0.2, 0.25) is 17.7 Å². The molecule has 3 amide bonds. The van der Waals surface area contributed by atoms with Crippen LogP contribution in [0.15, 0.2) is 0 Å². The Labute approximate surface area is 548 Å². The fraction of sp³-hybridized carbons (Fsp3) is 0.952. The summed E-state index contributed by atoms with van der Waals surface area (Å²) in [4.78, 5) is 37.1. The van der Waals surface area contributed by atoms with E-state index >= 15 is 0 Å². The van der Waals surface area contributed by atoms with E-state index in [1.54, 1.807) is 0 Å². The second kappa shape index (κ2) is 47.4. The van der Waals surface area contributed by atoms with Crippen molar-refractivity contribution in [1.29, 1.82) is 0 Å². The molecule has 0 saturated carbocycles. The molecule has 0 aromatic carbocycles. The fourth-order valence-corrected chi connectivity index (χ4v) is 10.2. The summed E-state index contributed by atoms with van der Waals surface area (Å²) in [5.74, 6) is -0.338. The van der Waals surface area contributed by atoms with E-state index in [0.29, 0.717) is 44.4 Å². The normalized spacial score (nSPS) is 30.5. The Kier molecular flexibility index (Phi) is 45.1. The van der Waals surface area contributed by atoms with Gasteiger partial charge in [-0.25, -0.2) is 0 Å². The molecule has 21 N–H and O–H groups in total. The minimum Gasteiger partial charge on any atom is -0.394 e. The highest BCUT2D eigenvalue weighted by molar-refractivity contribution is 5.77. The molecule has 0 spiro atoms. The summed E-state index contributed by atoms with van der Waals surface area (Å²) in [6.45, 7) is 17.3. The molecular weight excluding hydrogens is 1230 g/mol. The molecule has 27 atom stereocenters. The van der Waals surface area contributed by atoms with Crippen LogP contribution in [0.3, 0.4) is 0 Å². The number of carbonyl (C=O) groups is 3. The summed E-state index contributed by atoms with van der Waals surface area (Å²) in [5.41, 5.74) is 0. The van der Waals surface area contributed by atoms with Gasteiger partial charge >= 0.3 is 0 Å². The Balaban J connectivity index is 0.000000698. The Morgan fingerprint density at radius 3 is 0.914 bits per heavy atom. The maximum absolute atomic E-state index is 12.5. The third-order valence-corrected chi connectivity index (χ3v) is 17.2. The second-order valence-corrected chi connectivity index (χ2v) is 26.0. The third kappa shape index (κ3) is 32.8. The van der Waals surface area contributed by atoms with Gasteiger partial charge < -0.3 is 136 Å². The van der Waals surface area contributed by atoms with Crippen molar-refractivity contribution in [3.05, 3.63) is 0 Å². The van der Waals surface area contributed by atoms with E-state index in [1.165, 1.54) is 0 Å². The van der Waals surface area contributed by atoms with Crippen molar-refractivity contribution in [2.24, 2.45) is 23.7 Å². The first-order chi connectivity index (χ1) is 43.8. The van der Waals surface area contributed by atoms with E-state index in [2.05, 4.69) is 16.0 Å². The van der Waals surface area contributed by atoms with Crippen molar-refractivity contribution in [3.63, 3.8) is 0 Å². The van der Waals surface area contributed by atoms with Gasteiger partial charge in [0, 0.05) is 0 Å². The lowest BCUT2D eigenvalue weighted by Crippen LogP contribution is -2.60. The standard InChI is InChI=1S/C22H43NO9.C21H41NO9.C20H39NO9/c1-5-13(4)8-16(26)15(23-18(27)9-14(25)7-6-12(2)3)11-31-22-21(30)20(29)19(28)17(10-24)32-22;1-4-6-7-13(24)9-17(26)22-14(15(25)8-12(3)5-2)11-30-21-20(29)19(28)18(27)16(10-23)31-21;1-4-6-12(23)8-16(25)21-13(14(24)7-11(3)5-2)10-29-20-19(28)18(27)17(26)15(9-22)30-20/h12-17,19-22,24-26,28-30H,5-11H2,1-4H3,(H,23,27);12-16,18-21,23-25,27-29H,4-11H2,1-3H3,(H,22,26);11-15,17-20,22-24,26-28H,4-10H2,1-3H3,(H,21,25)/t13?,14-,15+,16-,17?,19+,20+,21?,22+;12?,13-,14+,15-,16?,18+,19+,20?,21+;11?,12-,13+,14-,15?,17+,18+,19?,20+/m111/s1. The average Bonchev–Trinajstić information content (AvgIpc) is 0.858. The highest BCUT2D eigenvalue weighted by Gasteiger charge is 2.47. The van der Waals surface area contributed by atoms with E-state index in [1.807, 2.05) is 69.2 Å². The minimum atomic E-state index is -1.58. The zero-order valence-corrected chi connectivity index (χ0v) is 56.4. The van der Waals surface area contributed by atoms with Crippen LogP contribution in [0, 0.1) is 23.7 Å². The molecule has 30 heteroatoms. The number of carbonyl (C=O) groups excluding carboxylic acids is 3. The topological polar surface area (TPSA) is 507 Å². The van der Waals surface area contributed by atoms with E-state index in [4.69, 9.17) is 28.4 Å². The lowest BCUT2D eigenvalue weighted by molar-refractivity contribution is -0.302. The Hall–Kier alpha value is -2.55. The summed E-state index contributed by atoms with van der Waals surface area (Å²) >= 11 is 0. The highest BCUT2D eigenvalue weighted by atomic mass is 16.7. The fourth-order valence-electron chi connectivity index (χ4n) is 10.2. The molecule has 3 fully saturated rings. The monoisotopic (exact) mass is 1350 g/mol. The second-order valence-electron chi connectivity index (χ2n) is 26.0. The lowest BCUT2D eigenvalue weighted by atomic mass is 9.96. The molecule has 3 rings (SSSR count). The molecular formula is C63H123N3O27. The molecule has 0 aromatic rings. The van der Waals surface area contributed by atoms with Crippen LogP contribution in [0.25, 0.3) is 0 Å². The maximum atomic E-state index is 12.5. The van der Waals surface area contributed by atoms with Crippen LogP contribution in [-0.4, -0.2) is 296 Å². The van der Waals surface area contributed by atoms with Crippen molar-refractivity contribution < 1.29 is 135 Å². The average molecular weight is 1350 g/mol. The molecule has 552 valence electrons. The molecule has 3 saturated heterocycles. The van der Waals surface area contributed by atoms with Crippen LogP contribution in [0.2, 0.25) is 0 Å². The third-order valence-electron chi connectivity index (χ3n) is 17.2. The van der Waals surface area contributed by atoms with Crippen LogP contribution in [0.1, 0.15) is 172 Å². The summed E-state index contributed by atoms with van der Waals surface area (Å²) < 4.78 is 32.5. The van der Waals surface area contributed by atoms with Gasteiger partial charge in [0.15, 0.2) is 18.9 Å². The number of amides is 3. The highest BCUT2D eigenvalue weighted by Crippen LogP contribution is 2.27. The van der Waals surface area contributed by atoms with Crippen LogP contribution in [0.5, 0.6) is 0 Å². The smallest absolute Gasteiger partial charge is 0.222 e. The van der Waals surface area contributed by atoms with Crippen molar-refractivity contribution in [2.75, 3.05) is 39.6 Å². The van der Waals surface area contributed by atoms with Gasteiger partial charge in [-0.1, -0.05) is 108 Å². The van der Waals surface area contributed by atoms with Crippen LogP contribution in [-0.2, 0) is 42.8 Å². The summed E-state index contributed by atoms with van der Waals surface area (Å²) in [5, 5.41) is 187. The Morgan fingerprint density at radius 2 is 0.667 bits per heavy atom. The van der Waals surface area contributed by atoms with Crippen LogP contribution < -0.4 is 16.0 Å². The summed E-state index contributed by atoms with van der Waals surface area (Å²) in [6, 6.07) is -2.53. The molecule has 0 aliphatic carbocycles. The molecule has 0 radical (unpaired) electrons. The van der Waals surface area contributed by atoms with Crippen LogP contribution in [0.4, 0.5) is 0 Å². The zero-order chi connectivity index (χ0) is 70.8. The molecule has 3 aliphatic heterocycles. The SMILES string of the molecule is CCC(C)C[C@@H](O)[C@H](CO[C@H]1OC(CO)[C@H](O)[C@H](O)C1O)NC(=O)C[C@H](O)CCC(C)C.CCCC[C@@H](O)CC(=O)N[C@@H](CO[C@H]1OC(CO)[C@H](O)[C@H](O)C1O)[C@H](O)CC(C)CC.CCC[C@@H](O)CC(=O)N[C@@H](CO[C@H]1OC(CO)[C@H](O)[C@H](O)C1O)[C@H](O)CC(C)CC. The van der Waals surface area contributed by atoms with Gasteiger partial charge in [-0.15, -0.1) is 0 Å². The molecule has 3 heterocycles.